The maximum Gasteiger partial charge on any atom is 0.132 e. The predicted octanol–water partition coefficient (Wildman–Crippen LogP) is 4.78. The van der Waals surface area contributed by atoms with E-state index in [1.54, 1.807) is 6.07 Å². The molecule has 0 aliphatic carbocycles. The normalized spacial score (nSPS) is 15.5. The first kappa shape index (κ1) is 17.6. The Labute approximate surface area is 167 Å². The number of fused-ring (bicyclic) bond motifs is 3. The van der Waals surface area contributed by atoms with Crippen molar-refractivity contribution in [2.24, 2.45) is 0 Å². The molecule has 1 aliphatic rings. The first-order valence-corrected chi connectivity index (χ1v) is 9.72. The SMILES string of the molecule is Fc1ccccc1-c1cc(CN2CCOCC2)c2cnc3cc(Cl)ccc3n12. The zero-order valence-corrected chi connectivity index (χ0v) is 16.0. The highest BCUT2D eigenvalue weighted by atomic mass is 35.5. The number of hydrogen-bond acceptors (Lipinski definition) is 3. The maximum absolute atomic E-state index is 14.7. The van der Waals surface area contributed by atoms with Crippen molar-refractivity contribution in [2.45, 2.75) is 6.54 Å². The summed E-state index contributed by atoms with van der Waals surface area (Å²) in [6.45, 7) is 4.05. The van der Waals surface area contributed by atoms with Gasteiger partial charge in [0.05, 0.1) is 41.7 Å². The van der Waals surface area contributed by atoms with Crippen LogP contribution in [0.5, 0.6) is 0 Å². The molecule has 142 valence electrons. The summed E-state index contributed by atoms with van der Waals surface area (Å²) in [6, 6.07) is 14.6. The Morgan fingerprint density at radius 1 is 1.04 bits per heavy atom. The molecule has 0 saturated carbocycles. The highest BCUT2D eigenvalue weighted by Crippen LogP contribution is 2.32. The molecule has 0 radical (unpaired) electrons. The summed E-state index contributed by atoms with van der Waals surface area (Å²) in [5.74, 6) is -0.237. The molecule has 3 heterocycles. The van der Waals surface area contributed by atoms with Crippen LogP contribution in [0.3, 0.4) is 0 Å². The molecular weight excluding hydrogens is 377 g/mol. The fraction of sp³-hybridized carbons (Fsp3) is 0.227. The number of rotatable bonds is 3. The fourth-order valence-corrected chi connectivity index (χ4v) is 4.06. The molecule has 1 saturated heterocycles. The molecule has 1 fully saturated rings. The highest BCUT2D eigenvalue weighted by molar-refractivity contribution is 6.31. The van der Waals surface area contributed by atoms with Crippen LogP contribution in [-0.4, -0.2) is 40.6 Å². The quantitative estimate of drug-likeness (QED) is 0.500. The highest BCUT2D eigenvalue weighted by Gasteiger charge is 2.19. The Morgan fingerprint density at radius 3 is 2.68 bits per heavy atom. The molecule has 0 atom stereocenters. The van der Waals surface area contributed by atoms with Crippen molar-refractivity contribution in [3.8, 4) is 11.3 Å². The molecule has 0 spiro atoms. The van der Waals surface area contributed by atoms with E-state index in [0.29, 0.717) is 10.6 Å². The van der Waals surface area contributed by atoms with Crippen LogP contribution >= 0.6 is 11.6 Å². The molecule has 4 aromatic rings. The second-order valence-electron chi connectivity index (χ2n) is 7.04. The Morgan fingerprint density at radius 2 is 1.86 bits per heavy atom. The predicted molar refractivity (Wildman–Crippen MR) is 109 cm³/mol. The van der Waals surface area contributed by atoms with Gasteiger partial charge in [0.15, 0.2) is 0 Å². The van der Waals surface area contributed by atoms with Gasteiger partial charge in [-0.15, -0.1) is 0 Å². The van der Waals surface area contributed by atoms with Crippen LogP contribution < -0.4 is 0 Å². The van der Waals surface area contributed by atoms with E-state index < -0.39 is 0 Å². The van der Waals surface area contributed by atoms with Crippen molar-refractivity contribution in [3.63, 3.8) is 0 Å². The molecule has 28 heavy (non-hydrogen) atoms. The van der Waals surface area contributed by atoms with Gasteiger partial charge in [-0.25, -0.2) is 4.39 Å². The molecule has 0 N–H and O–H groups in total. The molecule has 4 nitrogen and oxygen atoms in total. The summed E-state index contributed by atoms with van der Waals surface area (Å²) in [6.07, 6.45) is 1.86. The van der Waals surface area contributed by atoms with E-state index in [4.69, 9.17) is 16.3 Å². The Bertz CT molecular complexity index is 1170. The third kappa shape index (κ3) is 3.05. The third-order valence-corrected chi connectivity index (χ3v) is 5.51. The van der Waals surface area contributed by atoms with Gasteiger partial charge in [0, 0.05) is 30.2 Å². The molecule has 1 aliphatic heterocycles. The van der Waals surface area contributed by atoms with Gasteiger partial charge >= 0.3 is 0 Å². The van der Waals surface area contributed by atoms with Gasteiger partial charge in [0.2, 0.25) is 0 Å². The molecule has 0 bridgehead atoms. The zero-order chi connectivity index (χ0) is 19.1. The van der Waals surface area contributed by atoms with Gasteiger partial charge in [0.25, 0.3) is 0 Å². The fourth-order valence-electron chi connectivity index (χ4n) is 3.89. The lowest BCUT2D eigenvalue weighted by molar-refractivity contribution is 0.0344. The minimum Gasteiger partial charge on any atom is -0.379 e. The van der Waals surface area contributed by atoms with Crippen molar-refractivity contribution >= 4 is 28.2 Å². The van der Waals surface area contributed by atoms with Gasteiger partial charge in [0.1, 0.15) is 5.82 Å². The van der Waals surface area contributed by atoms with E-state index in [2.05, 4.69) is 20.4 Å². The van der Waals surface area contributed by atoms with E-state index >= 15 is 0 Å². The van der Waals surface area contributed by atoms with Crippen LogP contribution in [0.1, 0.15) is 5.56 Å². The number of morpholine rings is 1. The number of benzene rings is 2. The van der Waals surface area contributed by atoms with E-state index in [9.17, 15) is 4.39 Å². The summed E-state index contributed by atoms with van der Waals surface area (Å²) >= 11 is 6.16. The Hall–Kier alpha value is -2.47. The zero-order valence-electron chi connectivity index (χ0n) is 15.2. The monoisotopic (exact) mass is 395 g/mol. The number of aromatic nitrogens is 2. The van der Waals surface area contributed by atoms with E-state index in [0.717, 1.165) is 60.7 Å². The molecular formula is C22H19ClFN3O. The van der Waals surface area contributed by atoms with Crippen LogP contribution in [-0.2, 0) is 11.3 Å². The van der Waals surface area contributed by atoms with Crippen LogP contribution in [0.25, 0.3) is 27.8 Å². The molecule has 2 aromatic heterocycles. The largest absolute Gasteiger partial charge is 0.379 e. The second-order valence-corrected chi connectivity index (χ2v) is 7.47. The standard InChI is InChI=1S/C22H19ClFN3O/c23-16-5-6-20-19(12-16)25-13-22-15(14-26-7-9-28-10-8-26)11-21(27(20)22)17-3-1-2-4-18(17)24/h1-6,11-13H,7-10,14H2. The number of nitrogens with zero attached hydrogens (tertiary/aromatic N) is 3. The van der Waals surface area contributed by atoms with Crippen molar-refractivity contribution in [1.29, 1.82) is 0 Å². The summed E-state index contributed by atoms with van der Waals surface area (Å²) in [5, 5.41) is 0.632. The topological polar surface area (TPSA) is 29.8 Å². The smallest absolute Gasteiger partial charge is 0.132 e. The molecule has 6 heteroatoms. The van der Waals surface area contributed by atoms with Crippen LogP contribution in [0, 0.1) is 5.82 Å². The Kier molecular flexibility index (Phi) is 4.51. The van der Waals surface area contributed by atoms with E-state index in [-0.39, 0.29) is 5.82 Å². The van der Waals surface area contributed by atoms with Crippen molar-refractivity contribution < 1.29 is 9.13 Å². The summed E-state index contributed by atoms with van der Waals surface area (Å²) in [5.41, 5.74) is 5.21. The first-order chi connectivity index (χ1) is 13.7. The van der Waals surface area contributed by atoms with E-state index in [1.165, 1.54) is 6.07 Å². The van der Waals surface area contributed by atoms with Gasteiger partial charge in [-0.1, -0.05) is 23.7 Å². The summed E-state index contributed by atoms with van der Waals surface area (Å²) in [4.78, 5) is 6.97. The lowest BCUT2D eigenvalue weighted by Crippen LogP contribution is -2.35. The lowest BCUT2D eigenvalue weighted by atomic mass is 10.1. The lowest BCUT2D eigenvalue weighted by Gasteiger charge is -2.26. The minimum atomic E-state index is -0.237. The molecule has 0 unspecified atom stereocenters. The third-order valence-electron chi connectivity index (χ3n) is 5.27. The van der Waals surface area contributed by atoms with E-state index in [1.807, 2.05) is 36.5 Å². The molecule has 2 aromatic carbocycles. The number of ether oxygens (including phenoxy) is 1. The average molecular weight is 396 g/mol. The van der Waals surface area contributed by atoms with Crippen molar-refractivity contribution in [3.05, 3.63) is 71.1 Å². The minimum absolute atomic E-state index is 0.237. The van der Waals surface area contributed by atoms with Crippen LogP contribution in [0.4, 0.5) is 4.39 Å². The van der Waals surface area contributed by atoms with Crippen LogP contribution in [0.2, 0.25) is 5.02 Å². The first-order valence-electron chi connectivity index (χ1n) is 9.34. The van der Waals surface area contributed by atoms with Crippen LogP contribution in [0.15, 0.2) is 54.7 Å². The van der Waals surface area contributed by atoms with Gasteiger partial charge in [-0.2, -0.15) is 0 Å². The molecule has 0 amide bonds. The van der Waals surface area contributed by atoms with Crippen molar-refractivity contribution in [2.75, 3.05) is 26.3 Å². The number of halogens is 2. The summed E-state index contributed by atoms with van der Waals surface area (Å²) in [7, 11) is 0. The van der Waals surface area contributed by atoms with Gasteiger partial charge in [-0.05, 0) is 42.0 Å². The van der Waals surface area contributed by atoms with Crippen molar-refractivity contribution in [1.82, 2.24) is 14.3 Å². The number of hydrogen-bond donors (Lipinski definition) is 0. The maximum atomic E-state index is 14.7. The Balaban J connectivity index is 1.75. The van der Waals surface area contributed by atoms with Gasteiger partial charge < -0.3 is 9.14 Å². The average Bonchev–Trinajstić information content (AvgIpc) is 3.07. The molecule has 5 rings (SSSR count). The van der Waals surface area contributed by atoms with Gasteiger partial charge in [-0.3, -0.25) is 9.88 Å². The second kappa shape index (κ2) is 7.17. The summed E-state index contributed by atoms with van der Waals surface area (Å²) < 4.78 is 22.2.